The van der Waals surface area contributed by atoms with E-state index in [2.05, 4.69) is 0 Å². The molecule has 15 heavy (non-hydrogen) atoms. The summed E-state index contributed by atoms with van der Waals surface area (Å²) in [5.41, 5.74) is 0.916. The molecular weight excluding hydrogens is 195 g/mol. The van der Waals surface area contributed by atoms with E-state index in [0.29, 0.717) is 25.9 Å². The molecule has 0 unspecified atom stereocenters. The molecule has 0 bridgehead atoms. The third kappa shape index (κ3) is 4.58. The highest BCUT2D eigenvalue weighted by molar-refractivity contribution is 5.69. The van der Waals surface area contributed by atoms with E-state index in [0.717, 1.165) is 5.56 Å². The number of hydrogen-bond donors (Lipinski definition) is 0. The fourth-order valence-electron chi connectivity index (χ4n) is 1.36. The van der Waals surface area contributed by atoms with E-state index in [1.54, 1.807) is 13.0 Å². The molecule has 82 valence electrons. The molecule has 0 fully saturated rings. The van der Waals surface area contributed by atoms with Crippen LogP contribution in [0.3, 0.4) is 0 Å². The van der Waals surface area contributed by atoms with Crippen LogP contribution in [0.25, 0.3) is 0 Å². The van der Waals surface area contributed by atoms with Crippen molar-refractivity contribution in [1.82, 2.24) is 0 Å². The molecule has 0 aliphatic carbocycles. The summed E-state index contributed by atoms with van der Waals surface area (Å²) in [4.78, 5) is 11.0. The lowest BCUT2D eigenvalue weighted by atomic mass is 10.1. The Bertz CT molecular complexity index is 323. The normalized spacial score (nSPS) is 10.0. The fourth-order valence-corrected chi connectivity index (χ4v) is 1.36. The van der Waals surface area contributed by atoms with Crippen LogP contribution in [0, 0.1) is 5.82 Å². The number of esters is 1. The number of aryl methyl sites for hydroxylation is 1. The molecule has 0 N–H and O–H groups in total. The van der Waals surface area contributed by atoms with Gasteiger partial charge in [-0.15, -0.1) is 0 Å². The highest BCUT2D eigenvalue weighted by Crippen LogP contribution is 2.07. The van der Waals surface area contributed by atoms with Crippen molar-refractivity contribution in [3.8, 4) is 0 Å². The molecule has 0 amide bonds. The first kappa shape index (κ1) is 11.7. The van der Waals surface area contributed by atoms with Crippen LogP contribution in [0.15, 0.2) is 24.3 Å². The molecule has 1 aromatic rings. The minimum Gasteiger partial charge on any atom is -0.466 e. The zero-order chi connectivity index (χ0) is 11.1. The lowest BCUT2D eigenvalue weighted by Gasteiger charge is -2.02. The molecule has 2 nitrogen and oxygen atoms in total. The van der Waals surface area contributed by atoms with Gasteiger partial charge in [-0.25, -0.2) is 4.39 Å². The van der Waals surface area contributed by atoms with Gasteiger partial charge in [0.15, 0.2) is 0 Å². The molecule has 0 spiro atoms. The number of halogens is 1. The molecule has 3 heteroatoms. The van der Waals surface area contributed by atoms with E-state index >= 15 is 0 Å². The maximum Gasteiger partial charge on any atom is 0.305 e. The maximum absolute atomic E-state index is 12.8. The molecule has 0 saturated carbocycles. The number of hydrogen-bond acceptors (Lipinski definition) is 2. The third-order valence-electron chi connectivity index (χ3n) is 2.04. The van der Waals surface area contributed by atoms with Crippen LogP contribution in [0.4, 0.5) is 4.39 Å². The second-order valence-corrected chi connectivity index (χ2v) is 3.29. The standard InChI is InChI=1S/C12H15FO2/c1-2-15-12(14)8-4-6-10-5-3-7-11(13)9-10/h3,5,7,9H,2,4,6,8H2,1H3. The molecule has 0 heterocycles. The summed E-state index contributed by atoms with van der Waals surface area (Å²) in [5, 5.41) is 0. The van der Waals surface area contributed by atoms with Crippen molar-refractivity contribution >= 4 is 5.97 Å². The largest absolute Gasteiger partial charge is 0.466 e. The molecule has 0 aromatic heterocycles. The minimum absolute atomic E-state index is 0.186. The third-order valence-corrected chi connectivity index (χ3v) is 2.04. The molecule has 0 atom stereocenters. The first-order valence-electron chi connectivity index (χ1n) is 5.12. The number of ether oxygens (including phenoxy) is 1. The Labute approximate surface area is 89.1 Å². The zero-order valence-corrected chi connectivity index (χ0v) is 8.83. The number of carbonyl (C=O) groups excluding carboxylic acids is 1. The van der Waals surface area contributed by atoms with Crippen LogP contribution < -0.4 is 0 Å². The van der Waals surface area contributed by atoms with Crippen molar-refractivity contribution in [2.45, 2.75) is 26.2 Å². The first-order valence-corrected chi connectivity index (χ1v) is 5.12. The highest BCUT2D eigenvalue weighted by Gasteiger charge is 2.02. The molecule has 1 aromatic carbocycles. The highest BCUT2D eigenvalue weighted by atomic mass is 19.1. The van der Waals surface area contributed by atoms with Gasteiger partial charge in [-0.3, -0.25) is 4.79 Å². The van der Waals surface area contributed by atoms with Crippen LogP contribution in [-0.2, 0) is 16.0 Å². The summed E-state index contributed by atoms with van der Waals surface area (Å²) in [7, 11) is 0. The average molecular weight is 210 g/mol. The SMILES string of the molecule is CCOC(=O)CCCc1cccc(F)c1. The van der Waals surface area contributed by atoms with E-state index in [1.165, 1.54) is 12.1 Å². The van der Waals surface area contributed by atoms with Crippen molar-refractivity contribution < 1.29 is 13.9 Å². The second-order valence-electron chi connectivity index (χ2n) is 3.29. The van der Waals surface area contributed by atoms with E-state index in [1.807, 2.05) is 6.07 Å². The van der Waals surface area contributed by atoms with Gasteiger partial charge in [-0.2, -0.15) is 0 Å². The van der Waals surface area contributed by atoms with Gasteiger partial charge in [0.05, 0.1) is 6.61 Å². The smallest absolute Gasteiger partial charge is 0.305 e. The van der Waals surface area contributed by atoms with Crippen LogP contribution >= 0.6 is 0 Å². The Morgan fingerprint density at radius 3 is 2.93 bits per heavy atom. The van der Waals surface area contributed by atoms with E-state index in [9.17, 15) is 9.18 Å². The van der Waals surface area contributed by atoms with Crippen molar-refractivity contribution in [1.29, 1.82) is 0 Å². The number of rotatable bonds is 5. The van der Waals surface area contributed by atoms with Gasteiger partial charge in [0.2, 0.25) is 0 Å². The number of benzene rings is 1. The Kier molecular flexibility index (Phi) is 4.81. The van der Waals surface area contributed by atoms with E-state index in [-0.39, 0.29) is 11.8 Å². The molecule has 0 aliphatic heterocycles. The predicted molar refractivity (Wildman–Crippen MR) is 56.0 cm³/mol. The van der Waals surface area contributed by atoms with Gasteiger partial charge in [0.1, 0.15) is 5.82 Å². The predicted octanol–water partition coefficient (Wildman–Crippen LogP) is 2.71. The van der Waals surface area contributed by atoms with Crippen LogP contribution in [0.1, 0.15) is 25.3 Å². The summed E-state index contributed by atoms with van der Waals surface area (Å²) < 4.78 is 17.6. The van der Waals surface area contributed by atoms with Gasteiger partial charge in [-0.1, -0.05) is 12.1 Å². The second kappa shape index (κ2) is 6.17. The Morgan fingerprint density at radius 2 is 2.27 bits per heavy atom. The van der Waals surface area contributed by atoms with Crippen molar-refractivity contribution in [3.05, 3.63) is 35.6 Å². The molecule has 1 rings (SSSR count). The Balaban J connectivity index is 2.28. The van der Waals surface area contributed by atoms with Crippen LogP contribution in [0.2, 0.25) is 0 Å². The van der Waals surface area contributed by atoms with Crippen LogP contribution in [0.5, 0.6) is 0 Å². The van der Waals surface area contributed by atoms with Crippen molar-refractivity contribution in [2.24, 2.45) is 0 Å². The lowest BCUT2D eigenvalue weighted by molar-refractivity contribution is -0.143. The zero-order valence-electron chi connectivity index (χ0n) is 8.83. The van der Waals surface area contributed by atoms with Gasteiger partial charge in [0, 0.05) is 6.42 Å². The van der Waals surface area contributed by atoms with Gasteiger partial charge < -0.3 is 4.74 Å². The first-order chi connectivity index (χ1) is 7.22. The summed E-state index contributed by atoms with van der Waals surface area (Å²) >= 11 is 0. The van der Waals surface area contributed by atoms with Crippen molar-refractivity contribution in [3.63, 3.8) is 0 Å². The van der Waals surface area contributed by atoms with Gasteiger partial charge in [-0.05, 0) is 37.5 Å². The molecule has 0 radical (unpaired) electrons. The summed E-state index contributed by atoms with van der Waals surface area (Å²) in [6.45, 7) is 2.20. The Hall–Kier alpha value is -1.38. The summed E-state index contributed by atoms with van der Waals surface area (Å²) in [6.07, 6.45) is 1.79. The minimum atomic E-state index is -0.233. The number of carbonyl (C=O) groups is 1. The topological polar surface area (TPSA) is 26.3 Å². The Morgan fingerprint density at radius 1 is 1.47 bits per heavy atom. The van der Waals surface area contributed by atoms with E-state index in [4.69, 9.17) is 4.74 Å². The quantitative estimate of drug-likeness (QED) is 0.698. The monoisotopic (exact) mass is 210 g/mol. The summed E-state index contributed by atoms with van der Waals surface area (Å²) in [6, 6.07) is 6.43. The maximum atomic E-state index is 12.8. The molecule has 0 saturated heterocycles. The molecular formula is C12H15FO2. The average Bonchev–Trinajstić information content (AvgIpc) is 2.18. The van der Waals surface area contributed by atoms with Crippen LogP contribution in [-0.4, -0.2) is 12.6 Å². The fraction of sp³-hybridized carbons (Fsp3) is 0.417. The lowest BCUT2D eigenvalue weighted by Crippen LogP contribution is -2.04. The van der Waals surface area contributed by atoms with E-state index < -0.39 is 0 Å². The van der Waals surface area contributed by atoms with Gasteiger partial charge >= 0.3 is 5.97 Å². The summed E-state index contributed by atoms with van der Waals surface area (Å²) in [5.74, 6) is -0.419. The molecule has 0 aliphatic rings. The van der Waals surface area contributed by atoms with Crippen molar-refractivity contribution in [2.75, 3.05) is 6.61 Å². The van der Waals surface area contributed by atoms with Gasteiger partial charge in [0.25, 0.3) is 0 Å².